The molecule has 0 unspecified atom stereocenters. The van der Waals surface area contributed by atoms with Crippen LogP contribution < -0.4 is 0 Å². The fourth-order valence-electron chi connectivity index (χ4n) is 2.90. The van der Waals surface area contributed by atoms with Gasteiger partial charge in [-0.3, -0.25) is 4.79 Å². The number of hydrogen-bond donors (Lipinski definition) is 2. The first-order valence-electron chi connectivity index (χ1n) is 6.54. The number of benzene rings is 2. The molecule has 0 heterocycles. The Morgan fingerprint density at radius 1 is 1.11 bits per heavy atom. The van der Waals surface area contributed by atoms with Crippen molar-refractivity contribution in [3.8, 4) is 0 Å². The predicted octanol–water partition coefficient (Wildman–Crippen LogP) is 2.92. The van der Waals surface area contributed by atoms with Crippen LogP contribution in [0.5, 0.6) is 0 Å². The highest BCUT2D eigenvalue weighted by atomic mass is 16.4. The van der Waals surface area contributed by atoms with Gasteiger partial charge in [-0.15, -0.1) is 0 Å². The van der Waals surface area contributed by atoms with Gasteiger partial charge in [-0.2, -0.15) is 0 Å². The molecule has 1 saturated carbocycles. The smallest absolute Gasteiger partial charge is 0.313 e. The van der Waals surface area contributed by atoms with Crippen LogP contribution in [-0.2, 0) is 4.79 Å². The highest BCUT2D eigenvalue weighted by Crippen LogP contribution is 2.44. The van der Waals surface area contributed by atoms with E-state index in [4.69, 9.17) is 0 Å². The Morgan fingerprint density at radius 2 is 1.79 bits per heavy atom. The van der Waals surface area contributed by atoms with Crippen molar-refractivity contribution in [1.82, 2.24) is 0 Å². The van der Waals surface area contributed by atoms with Gasteiger partial charge in [0.2, 0.25) is 0 Å². The summed E-state index contributed by atoms with van der Waals surface area (Å²) in [6.07, 6.45) is 2.03. The first-order valence-corrected chi connectivity index (χ1v) is 6.54. The lowest BCUT2D eigenvalue weighted by molar-refractivity contribution is -0.151. The van der Waals surface area contributed by atoms with Crippen LogP contribution in [0.2, 0.25) is 0 Å². The summed E-state index contributed by atoms with van der Waals surface area (Å²) in [5.74, 6) is -1.77. The Labute approximate surface area is 111 Å². The molecule has 0 aliphatic heterocycles. The summed E-state index contributed by atoms with van der Waals surface area (Å²) < 4.78 is 0. The summed E-state index contributed by atoms with van der Waals surface area (Å²) in [6.45, 7) is 0. The highest BCUT2D eigenvalue weighted by molar-refractivity contribution is 5.86. The Kier molecular flexibility index (Phi) is 2.79. The second kappa shape index (κ2) is 4.35. The SMILES string of the molecule is O=C(O)[C@@H](c1ccc2ccccc2c1)C1(O)CCC1. The van der Waals surface area contributed by atoms with Gasteiger partial charge in [0.15, 0.2) is 0 Å². The number of aliphatic hydroxyl groups is 1. The van der Waals surface area contributed by atoms with Crippen LogP contribution in [-0.4, -0.2) is 21.8 Å². The summed E-state index contributed by atoms with van der Waals surface area (Å²) in [6, 6.07) is 13.5. The number of carbonyl (C=O) groups is 1. The molecule has 0 saturated heterocycles. The summed E-state index contributed by atoms with van der Waals surface area (Å²) in [4.78, 5) is 11.5. The third-order valence-corrected chi connectivity index (χ3v) is 4.11. The van der Waals surface area contributed by atoms with Crippen molar-refractivity contribution in [3.63, 3.8) is 0 Å². The Hall–Kier alpha value is -1.87. The molecule has 2 N–H and O–H groups in total. The lowest BCUT2D eigenvalue weighted by atomic mass is 9.68. The maximum Gasteiger partial charge on any atom is 0.313 e. The largest absolute Gasteiger partial charge is 0.481 e. The monoisotopic (exact) mass is 256 g/mol. The summed E-state index contributed by atoms with van der Waals surface area (Å²) in [5, 5.41) is 21.9. The Bertz CT molecular complexity index is 629. The lowest BCUT2D eigenvalue weighted by Gasteiger charge is -2.41. The number of rotatable bonds is 3. The number of carboxylic acid groups (broad SMARTS) is 1. The molecular formula is C16H16O3. The Morgan fingerprint density at radius 3 is 2.37 bits per heavy atom. The van der Waals surface area contributed by atoms with E-state index in [2.05, 4.69) is 0 Å². The van der Waals surface area contributed by atoms with E-state index < -0.39 is 17.5 Å². The molecule has 3 heteroatoms. The molecule has 0 spiro atoms. The van der Waals surface area contributed by atoms with Crippen molar-refractivity contribution in [2.45, 2.75) is 30.8 Å². The van der Waals surface area contributed by atoms with E-state index in [0.717, 1.165) is 17.2 Å². The zero-order chi connectivity index (χ0) is 13.5. The molecule has 3 nitrogen and oxygen atoms in total. The lowest BCUT2D eigenvalue weighted by Crippen LogP contribution is -2.46. The molecule has 0 bridgehead atoms. The molecule has 1 aliphatic carbocycles. The summed E-state index contributed by atoms with van der Waals surface area (Å²) >= 11 is 0. The molecule has 0 aromatic heterocycles. The van der Waals surface area contributed by atoms with E-state index in [1.165, 1.54) is 0 Å². The zero-order valence-electron chi connectivity index (χ0n) is 10.5. The molecule has 1 atom stereocenters. The summed E-state index contributed by atoms with van der Waals surface area (Å²) in [5.41, 5.74) is -0.387. The van der Waals surface area contributed by atoms with Crippen LogP contribution in [0.3, 0.4) is 0 Å². The van der Waals surface area contributed by atoms with Gasteiger partial charge in [0.05, 0.1) is 5.60 Å². The van der Waals surface area contributed by atoms with Crippen LogP contribution in [0, 0.1) is 0 Å². The van der Waals surface area contributed by atoms with Crippen LogP contribution in [0.1, 0.15) is 30.7 Å². The third kappa shape index (κ3) is 2.00. The van der Waals surface area contributed by atoms with Gasteiger partial charge in [0, 0.05) is 0 Å². The maximum atomic E-state index is 11.5. The molecule has 2 aromatic rings. The van der Waals surface area contributed by atoms with Crippen molar-refractivity contribution in [2.75, 3.05) is 0 Å². The van der Waals surface area contributed by atoms with Crippen molar-refractivity contribution < 1.29 is 15.0 Å². The second-order valence-corrected chi connectivity index (χ2v) is 5.33. The van der Waals surface area contributed by atoms with Gasteiger partial charge < -0.3 is 10.2 Å². The van der Waals surface area contributed by atoms with E-state index in [9.17, 15) is 15.0 Å². The van der Waals surface area contributed by atoms with E-state index >= 15 is 0 Å². The molecule has 1 fully saturated rings. The minimum absolute atomic E-state index is 0.566. The van der Waals surface area contributed by atoms with Gasteiger partial charge in [0.25, 0.3) is 0 Å². The van der Waals surface area contributed by atoms with Gasteiger partial charge in [-0.05, 0) is 35.6 Å². The molecule has 0 amide bonds. The molecule has 19 heavy (non-hydrogen) atoms. The Balaban J connectivity index is 2.07. The van der Waals surface area contributed by atoms with Gasteiger partial charge >= 0.3 is 5.97 Å². The van der Waals surface area contributed by atoms with E-state index in [1.54, 1.807) is 0 Å². The first-order chi connectivity index (χ1) is 9.10. The molecule has 0 radical (unpaired) electrons. The van der Waals surface area contributed by atoms with E-state index in [0.29, 0.717) is 18.4 Å². The standard InChI is InChI=1S/C16H16O3/c17-15(18)14(16(19)8-3-9-16)13-7-6-11-4-1-2-5-12(11)10-13/h1-2,4-7,10,14,19H,3,8-9H2,(H,17,18)/t14-/m1/s1. The minimum Gasteiger partial charge on any atom is -0.481 e. The van der Waals surface area contributed by atoms with E-state index in [-0.39, 0.29) is 0 Å². The zero-order valence-corrected chi connectivity index (χ0v) is 10.5. The topological polar surface area (TPSA) is 57.5 Å². The van der Waals surface area contributed by atoms with Crippen LogP contribution in [0.4, 0.5) is 0 Å². The van der Waals surface area contributed by atoms with Gasteiger partial charge in [-0.1, -0.05) is 42.5 Å². The van der Waals surface area contributed by atoms with Crippen LogP contribution in [0.25, 0.3) is 10.8 Å². The number of aliphatic carboxylic acids is 1. The maximum absolute atomic E-state index is 11.5. The fraction of sp³-hybridized carbons (Fsp3) is 0.312. The summed E-state index contributed by atoms with van der Waals surface area (Å²) in [7, 11) is 0. The third-order valence-electron chi connectivity index (χ3n) is 4.11. The first kappa shape index (κ1) is 12.2. The molecule has 1 aliphatic rings. The normalized spacial score (nSPS) is 18.8. The minimum atomic E-state index is -1.08. The van der Waals surface area contributed by atoms with Gasteiger partial charge in [0.1, 0.15) is 5.92 Å². The van der Waals surface area contributed by atoms with E-state index in [1.807, 2.05) is 42.5 Å². The van der Waals surface area contributed by atoms with Crippen molar-refractivity contribution >= 4 is 16.7 Å². The van der Waals surface area contributed by atoms with Gasteiger partial charge in [-0.25, -0.2) is 0 Å². The average Bonchev–Trinajstić information content (AvgIpc) is 2.36. The van der Waals surface area contributed by atoms with Crippen LogP contribution in [0.15, 0.2) is 42.5 Å². The fourth-order valence-corrected chi connectivity index (χ4v) is 2.90. The molecular weight excluding hydrogens is 240 g/mol. The number of carboxylic acids is 1. The highest BCUT2D eigenvalue weighted by Gasteiger charge is 2.47. The predicted molar refractivity (Wildman–Crippen MR) is 73.1 cm³/mol. The number of fused-ring (bicyclic) bond motifs is 1. The number of hydrogen-bond acceptors (Lipinski definition) is 2. The quantitative estimate of drug-likeness (QED) is 0.887. The second-order valence-electron chi connectivity index (χ2n) is 5.33. The van der Waals surface area contributed by atoms with Crippen molar-refractivity contribution in [3.05, 3.63) is 48.0 Å². The van der Waals surface area contributed by atoms with Crippen molar-refractivity contribution in [1.29, 1.82) is 0 Å². The molecule has 98 valence electrons. The molecule has 2 aromatic carbocycles. The average molecular weight is 256 g/mol. The molecule has 3 rings (SSSR count). The van der Waals surface area contributed by atoms with Crippen molar-refractivity contribution in [2.24, 2.45) is 0 Å². The van der Waals surface area contributed by atoms with Crippen LogP contribution >= 0.6 is 0 Å².